The van der Waals surface area contributed by atoms with Gasteiger partial charge in [0.1, 0.15) is 5.72 Å². The van der Waals surface area contributed by atoms with Gasteiger partial charge in [0.15, 0.2) is 0 Å². The van der Waals surface area contributed by atoms with E-state index in [9.17, 15) is 0 Å². The number of hydrogen-bond acceptors (Lipinski definition) is 4. The molecule has 0 amide bonds. The van der Waals surface area contributed by atoms with E-state index in [0.717, 1.165) is 52.4 Å². The van der Waals surface area contributed by atoms with E-state index in [1.807, 2.05) is 0 Å². The summed E-state index contributed by atoms with van der Waals surface area (Å²) in [6, 6.07) is 0. The lowest BCUT2D eigenvalue weighted by Gasteiger charge is -2.47. The van der Waals surface area contributed by atoms with E-state index < -0.39 is 0 Å². The van der Waals surface area contributed by atoms with Crippen molar-refractivity contribution in [2.45, 2.75) is 19.1 Å². The first-order valence-corrected chi connectivity index (χ1v) is 5.55. The second-order valence-electron chi connectivity index (χ2n) is 3.92. The van der Waals surface area contributed by atoms with E-state index in [2.05, 4.69) is 17.1 Å². The molecule has 1 N–H and O–H groups in total. The first kappa shape index (κ1) is 10.4. The number of hydrogen-bond donors (Lipinski definition) is 1. The molecule has 0 spiro atoms. The number of ether oxygens (including phenoxy) is 2. The van der Waals surface area contributed by atoms with Gasteiger partial charge < -0.3 is 14.8 Å². The molecule has 1 unspecified atom stereocenters. The van der Waals surface area contributed by atoms with Gasteiger partial charge in [-0.2, -0.15) is 0 Å². The molecule has 4 heteroatoms. The summed E-state index contributed by atoms with van der Waals surface area (Å²) in [5.41, 5.74) is -0.0674. The summed E-state index contributed by atoms with van der Waals surface area (Å²) in [6.07, 6.45) is 1.04. The average molecular weight is 200 g/mol. The molecule has 2 rings (SSSR count). The van der Waals surface area contributed by atoms with Crippen LogP contribution in [0.25, 0.3) is 0 Å². The summed E-state index contributed by atoms with van der Waals surface area (Å²) >= 11 is 0. The standard InChI is InChI=1S/C10H20N2O2/c1-2-10(9-11-3-6-14-10)12-4-7-13-8-5-12/h11H,2-9H2,1H3. The Labute approximate surface area is 85.5 Å². The highest BCUT2D eigenvalue weighted by atomic mass is 16.5. The van der Waals surface area contributed by atoms with E-state index in [0.29, 0.717) is 0 Å². The molecular weight excluding hydrogens is 180 g/mol. The van der Waals surface area contributed by atoms with E-state index in [1.54, 1.807) is 0 Å². The van der Waals surface area contributed by atoms with Crippen molar-refractivity contribution in [3.05, 3.63) is 0 Å². The summed E-state index contributed by atoms with van der Waals surface area (Å²) < 4.78 is 11.3. The van der Waals surface area contributed by atoms with Crippen molar-refractivity contribution in [2.24, 2.45) is 0 Å². The Morgan fingerprint density at radius 3 is 2.64 bits per heavy atom. The van der Waals surface area contributed by atoms with Gasteiger partial charge in [0.05, 0.1) is 19.8 Å². The largest absolute Gasteiger partial charge is 0.379 e. The van der Waals surface area contributed by atoms with Gasteiger partial charge in [-0.1, -0.05) is 6.92 Å². The Morgan fingerprint density at radius 1 is 1.29 bits per heavy atom. The maximum absolute atomic E-state index is 5.96. The van der Waals surface area contributed by atoms with Crippen LogP contribution < -0.4 is 5.32 Å². The highest BCUT2D eigenvalue weighted by Crippen LogP contribution is 2.23. The lowest BCUT2D eigenvalue weighted by atomic mass is 10.1. The molecule has 2 saturated heterocycles. The number of nitrogens with zero attached hydrogens (tertiary/aromatic N) is 1. The summed E-state index contributed by atoms with van der Waals surface area (Å²) in [5, 5.41) is 3.42. The van der Waals surface area contributed by atoms with Crippen LogP contribution in [0.3, 0.4) is 0 Å². The molecule has 1 atom stereocenters. The third kappa shape index (κ3) is 1.93. The predicted octanol–water partition coefficient (Wildman–Crippen LogP) is 0.0447. The molecule has 0 bridgehead atoms. The van der Waals surface area contributed by atoms with Gasteiger partial charge in [0.25, 0.3) is 0 Å². The van der Waals surface area contributed by atoms with Gasteiger partial charge in [-0.3, -0.25) is 4.90 Å². The highest BCUT2D eigenvalue weighted by Gasteiger charge is 2.38. The van der Waals surface area contributed by atoms with Crippen LogP contribution in [-0.4, -0.2) is 56.6 Å². The normalized spacial score (nSPS) is 35.8. The Hall–Kier alpha value is -0.160. The minimum atomic E-state index is -0.0674. The Morgan fingerprint density at radius 2 is 2.07 bits per heavy atom. The van der Waals surface area contributed by atoms with Gasteiger partial charge in [-0.15, -0.1) is 0 Å². The van der Waals surface area contributed by atoms with Gasteiger partial charge in [-0.25, -0.2) is 0 Å². The van der Waals surface area contributed by atoms with Crippen molar-refractivity contribution < 1.29 is 9.47 Å². The van der Waals surface area contributed by atoms with Crippen molar-refractivity contribution in [1.82, 2.24) is 10.2 Å². The van der Waals surface area contributed by atoms with Gasteiger partial charge in [0.2, 0.25) is 0 Å². The van der Waals surface area contributed by atoms with Crippen molar-refractivity contribution >= 4 is 0 Å². The quantitative estimate of drug-likeness (QED) is 0.682. The molecule has 2 heterocycles. The van der Waals surface area contributed by atoms with Crippen LogP contribution in [-0.2, 0) is 9.47 Å². The fourth-order valence-corrected chi connectivity index (χ4v) is 2.27. The molecule has 4 nitrogen and oxygen atoms in total. The molecule has 2 fully saturated rings. The third-order valence-electron chi connectivity index (χ3n) is 3.19. The Balaban J connectivity index is 2.01. The molecule has 0 aromatic heterocycles. The van der Waals surface area contributed by atoms with Crippen molar-refractivity contribution in [1.29, 1.82) is 0 Å². The number of rotatable bonds is 2. The van der Waals surface area contributed by atoms with Crippen LogP contribution in [0.2, 0.25) is 0 Å². The van der Waals surface area contributed by atoms with Crippen molar-refractivity contribution in [3.8, 4) is 0 Å². The zero-order valence-corrected chi connectivity index (χ0v) is 8.92. The van der Waals surface area contributed by atoms with Gasteiger partial charge in [0, 0.05) is 26.2 Å². The van der Waals surface area contributed by atoms with Crippen LogP contribution in [0.4, 0.5) is 0 Å². The fraction of sp³-hybridized carbons (Fsp3) is 1.00. The van der Waals surface area contributed by atoms with Crippen molar-refractivity contribution in [3.63, 3.8) is 0 Å². The van der Waals surface area contributed by atoms with E-state index >= 15 is 0 Å². The molecule has 14 heavy (non-hydrogen) atoms. The van der Waals surface area contributed by atoms with E-state index in [1.165, 1.54) is 0 Å². The number of nitrogens with one attached hydrogen (secondary N) is 1. The molecule has 0 aromatic rings. The van der Waals surface area contributed by atoms with Crippen LogP contribution in [0.5, 0.6) is 0 Å². The van der Waals surface area contributed by atoms with E-state index in [-0.39, 0.29) is 5.72 Å². The smallest absolute Gasteiger partial charge is 0.134 e. The third-order valence-corrected chi connectivity index (χ3v) is 3.19. The van der Waals surface area contributed by atoms with Crippen LogP contribution >= 0.6 is 0 Å². The molecule has 0 radical (unpaired) electrons. The van der Waals surface area contributed by atoms with E-state index in [4.69, 9.17) is 9.47 Å². The van der Waals surface area contributed by atoms with Gasteiger partial charge >= 0.3 is 0 Å². The number of morpholine rings is 2. The maximum Gasteiger partial charge on any atom is 0.134 e. The summed E-state index contributed by atoms with van der Waals surface area (Å²) in [7, 11) is 0. The summed E-state index contributed by atoms with van der Waals surface area (Å²) in [6.45, 7) is 8.62. The minimum Gasteiger partial charge on any atom is -0.379 e. The summed E-state index contributed by atoms with van der Waals surface area (Å²) in [4.78, 5) is 2.42. The van der Waals surface area contributed by atoms with Crippen LogP contribution in [0, 0.1) is 0 Å². The van der Waals surface area contributed by atoms with Crippen LogP contribution in [0.1, 0.15) is 13.3 Å². The monoisotopic (exact) mass is 200 g/mol. The average Bonchev–Trinajstić information content (AvgIpc) is 2.31. The zero-order valence-electron chi connectivity index (χ0n) is 8.92. The lowest BCUT2D eigenvalue weighted by Crippen LogP contribution is -2.62. The lowest BCUT2D eigenvalue weighted by molar-refractivity contribution is -0.190. The second-order valence-corrected chi connectivity index (χ2v) is 3.92. The Kier molecular flexibility index (Phi) is 3.38. The summed E-state index contributed by atoms with van der Waals surface area (Å²) in [5.74, 6) is 0. The SMILES string of the molecule is CCC1(N2CCOCC2)CNCCO1. The highest BCUT2D eigenvalue weighted by molar-refractivity contribution is 4.86. The fourth-order valence-electron chi connectivity index (χ4n) is 2.27. The predicted molar refractivity (Wildman–Crippen MR) is 54.2 cm³/mol. The molecule has 0 aliphatic carbocycles. The topological polar surface area (TPSA) is 33.7 Å². The van der Waals surface area contributed by atoms with Crippen molar-refractivity contribution in [2.75, 3.05) is 46.0 Å². The first-order chi connectivity index (χ1) is 6.87. The second kappa shape index (κ2) is 4.57. The van der Waals surface area contributed by atoms with Crippen LogP contribution in [0.15, 0.2) is 0 Å². The molecule has 0 saturated carbocycles. The minimum absolute atomic E-state index is 0.0674. The zero-order chi connectivity index (χ0) is 9.86. The first-order valence-electron chi connectivity index (χ1n) is 5.55. The molecule has 82 valence electrons. The molecule has 2 aliphatic rings. The Bertz CT molecular complexity index is 175. The molecule has 0 aromatic carbocycles. The molecular formula is C10H20N2O2. The van der Waals surface area contributed by atoms with Gasteiger partial charge in [-0.05, 0) is 6.42 Å². The maximum atomic E-state index is 5.96. The molecule has 2 aliphatic heterocycles.